The number of nitrogens with zero attached hydrogens (tertiary/aromatic N) is 1. The first kappa shape index (κ1) is 13.3. The van der Waals surface area contributed by atoms with Crippen LogP contribution < -0.4 is 0 Å². The lowest BCUT2D eigenvalue weighted by molar-refractivity contribution is -0.121. The summed E-state index contributed by atoms with van der Waals surface area (Å²) in [6, 6.07) is 11.2. The highest BCUT2D eigenvalue weighted by Crippen LogP contribution is 2.27. The zero-order chi connectivity index (χ0) is 14.1. The molecular formula is C16H14BrNO2. The van der Waals surface area contributed by atoms with E-state index in [1.807, 2.05) is 41.1 Å². The van der Waals surface area contributed by atoms with Crippen molar-refractivity contribution in [3.05, 3.63) is 58.3 Å². The molecule has 1 aromatic heterocycles. The summed E-state index contributed by atoms with van der Waals surface area (Å²) in [6.45, 7) is 0. The van der Waals surface area contributed by atoms with E-state index in [1.165, 1.54) is 0 Å². The third-order valence-corrected chi connectivity index (χ3v) is 4.24. The van der Waals surface area contributed by atoms with E-state index in [-0.39, 0.29) is 17.6 Å². The fourth-order valence-electron chi connectivity index (χ4n) is 2.67. The maximum absolute atomic E-state index is 12.5. The van der Waals surface area contributed by atoms with E-state index in [1.54, 1.807) is 6.07 Å². The summed E-state index contributed by atoms with van der Waals surface area (Å²) in [5.74, 6) is 0.292. The van der Waals surface area contributed by atoms with E-state index in [0.717, 1.165) is 10.0 Å². The van der Waals surface area contributed by atoms with Gasteiger partial charge in [0.2, 0.25) is 0 Å². The molecule has 4 heteroatoms. The average molecular weight is 332 g/mol. The molecular weight excluding hydrogens is 318 g/mol. The van der Waals surface area contributed by atoms with Crippen LogP contribution in [0.5, 0.6) is 0 Å². The second kappa shape index (κ2) is 5.37. The fourth-order valence-corrected chi connectivity index (χ4v) is 2.94. The fraction of sp³-hybridized carbons (Fsp3) is 0.250. The largest absolute Gasteiger partial charge is 0.335 e. The number of ketones is 2. The van der Waals surface area contributed by atoms with Gasteiger partial charge < -0.3 is 4.57 Å². The molecule has 0 bridgehead atoms. The second-order valence-corrected chi connectivity index (χ2v) is 5.96. The normalized spacial score (nSPS) is 17.9. The highest BCUT2D eigenvalue weighted by Gasteiger charge is 2.29. The van der Waals surface area contributed by atoms with Crippen LogP contribution in [0.4, 0.5) is 0 Å². The zero-order valence-electron chi connectivity index (χ0n) is 10.9. The molecule has 2 heterocycles. The molecule has 3 nitrogen and oxygen atoms in total. The second-order valence-electron chi connectivity index (χ2n) is 5.05. The van der Waals surface area contributed by atoms with Crippen LogP contribution in [-0.4, -0.2) is 16.1 Å². The standard InChI is InChI=1S/C16H14BrNO2/c17-12-5-3-11(4-6-12)10-16(20)14-7-8-15(19)13-2-1-9-18(13)14/h1-6,9,14H,7-8,10H2. The Morgan fingerprint density at radius 2 is 2.00 bits per heavy atom. The van der Waals surface area contributed by atoms with E-state index in [4.69, 9.17) is 0 Å². The van der Waals surface area contributed by atoms with E-state index < -0.39 is 0 Å². The van der Waals surface area contributed by atoms with Gasteiger partial charge in [0.15, 0.2) is 11.6 Å². The lowest BCUT2D eigenvalue weighted by Gasteiger charge is -2.24. The van der Waals surface area contributed by atoms with Gasteiger partial charge in [-0.3, -0.25) is 9.59 Å². The Morgan fingerprint density at radius 1 is 1.25 bits per heavy atom. The number of fused-ring (bicyclic) bond motifs is 1. The van der Waals surface area contributed by atoms with E-state index in [9.17, 15) is 9.59 Å². The Balaban J connectivity index is 1.80. The smallest absolute Gasteiger partial charge is 0.179 e. The van der Waals surface area contributed by atoms with E-state index >= 15 is 0 Å². The Morgan fingerprint density at radius 3 is 2.75 bits per heavy atom. The predicted molar refractivity (Wildman–Crippen MR) is 79.9 cm³/mol. The van der Waals surface area contributed by atoms with Gasteiger partial charge in [-0.05, 0) is 36.2 Å². The minimum absolute atomic E-state index is 0.127. The first-order valence-corrected chi connectivity index (χ1v) is 7.41. The van der Waals surface area contributed by atoms with Crippen molar-refractivity contribution in [1.29, 1.82) is 0 Å². The molecule has 2 aromatic rings. The number of rotatable bonds is 3. The van der Waals surface area contributed by atoms with Gasteiger partial charge >= 0.3 is 0 Å². The molecule has 0 amide bonds. The van der Waals surface area contributed by atoms with Gasteiger partial charge in [0.25, 0.3) is 0 Å². The minimum atomic E-state index is -0.207. The molecule has 1 aliphatic rings. The van der Waals surface area contributed by atoms with E-state index in [0.29, 0.717) is 25.0 Å². The van der Waals surface area contributed by atoms with Crippen molar-refractivity contribution in [1.82, 2.24) is 4.57 Å². The summed E-state index contributed by atoms with van der Waals surface area (Å²) in [5, 5.41) is 0. The van der Waals surface area contributed by atoms with Crippen molar-refractivity contribution in [2.75, 3.05) is 0 Å². The maximum atomic E-state index is 12.5. The Labute approximate surface area is 125 Å². The van der Waals surface area contributed by atoms with Gasteiger partial charge in [-0.25, -0.2) is 0 Å². The number of hydrogen-bond donors (Lipinski definition) is 0. The van der Waals surface area contributed by atoms with Crippen LogP contribution >= 0.6 is 15.9 Å². The molecule has 0 fully saturated rings. The molecule has 102 valence electrons. The molecule has 3 rings (SSSR count). The van der Waals surface area contributed by atoms with Crippen molar-refractivity contribution < 1.29 is 9.59 Å². The van der Waals surface area contributed by atoms with Crippen LogP contribution in [0.1, 0.15) is 34.9 Å². The predicted octanol–water partition coefficient (Wildman–Crippen LogP) is 3.58. The molecule has 20 heavy (non-hydrogen) atoms. The molecule has 1 unspecified atom stereocenters. The molecule has 0 radical (unpaired) electrons. The molecule has 0 saturated carbocycles. The lowest BCUT2D eigenvalue weighted by Crippen LogP contribution is -2.28. The van der Waals surface area contributed by atoms with Crippen LogP contribution in [0, 0.1) is 0 Å². The number of carbonyl (C=O) groups excluding carboxylic acids is 2. The summed E-state index contributed by atoms with van der Waals surface area (Å²) in [4.78, 5) is 24.2. The maximum Gasteiger partial charge on any atom is 0.179 e. The van der Waals surface area contributed by atoms with Crippen molar-refractivity contribution in [2.45, 2.75) is 25.3 Å². The van der Waals surface area contributed by atoms with Crippen LogP contribution in [0.2, 0.25) is 0 Å². The molecule has 1 aromatic carbocycles. The lowest BCUT2D eigenvalue weighted by atomic mass is 9.95. The van der Waals surface area contributed by atoms with Gasteiger partial charge in [0.05, 0.1) is 11.7 Å². The van der Waals surface area contributed by atoms with Gasteiger partial charge in [-0.15, -0.1) is 0 Å². The highest BCUT2D eigenvalue weighted by atomic mass is 79.9. The van der Waals surface area contributed by atoms with E-state index in [2.05, 4.69) is 15.9 Å². The topological polar surface area (TPSA) is 39.1 Å². The molecule has 0 spiro atoms. The summed E-state index contributed by atoms with van der Waals surface area (Å²) < 4.78 is 2.83. The molecule has 0 aliphatic carbocycles. The minimum Gasteiger partial charge on any atom is -0.335 e. The average Bonchev–Trinajstić information content (AvgIpc) is 2.92. The van der Waals surface area contributed by atoms with Crippen LogP contribution in [0.3, 0.4) is 0 Å². The van der Waals surface area contributed by atoms with Crippen LogP contribution in [0.25, 0.3) is 0 Å². The summed E-state index contributed by atoms with van der Waals surface area (Å²) in [7, 11) is 0. The summed E-state index contributed by atoms with van der Waals surface area (Å²) in [5.41, 5.74) is 1.66. The molecule has 1 atom stereocenters. The first-order valence-electron chi connectivity index (χ1n) is 6.62. The monoisotopic (exact) mass is 331 g/mol. The Bertz CT molecular complexity index is 657. The SMILES string of the molecule is O=C1CCC(C(=O)Cc2ccc(Br)cc2)n2cccc21. The third kappa shape index (κ3) is 2.48. The van der Waals surface area contributed by atoms with Crippen LogP contribution in [-0.2, 0) is 11.2 Å². The quantitative estimate of drug-likeness (QED) is 0.862. The van der Waals surface area contributed by atoms with Gasteiger partial charge in [0, 0.05) is 23.5 Å². The number of halogens is 1. The highest BCUT2D eigenvalue weighted by molar-refractivity contribution is 9.10. The molecule has 0 N–H and O–H groups in total. The number of benzene rings is 1. The zero-order valence-corrected chi connectivity index (χ0v) is 12.5. The number of hydrogen-bond acceptors (Lipinski definition) is 2. The Kier molecular flexibility index (Phi) is 3.57. The van der Waals surface area contributed by atoms with Crippen molar-refractivity contribution in [3.8, 4) is 0 Å². The molecule has 1 aliphatic heterocycles. The number of carbonyl (C=O) groups is 2. The van der Waals surface area contributed by atoms with Crippen molar-refractivity contribution in [3.63, 3.8) is 0 Å². The summed E-state index contributed by atoms with van der Waals surface area (Å²) in [6.07, 6.45) is 3.30. The van der Waals surface area contributed by atoms with Crippen molar-refractivity contribution >= 4 is 27.5 Å². The van der Waals surface area contributed by atoms with Gasteiger partial charge in [0.1, 0.15) is 0 Å². The summed E-state index contributed by atoms with van der Waals surface area (Å²) >= 11 is 3.38. The first-order chi connectivity index (χ1) is 9.65. The van der Waals surface area contributed by atoms with Gasteiger partial charge in [-0.2, -0.15) is 0 Å². The Hall–Kier alpha value is -1.68. The third-order valence-electron chi connectivity index (χ3n) is 3.71. The van der Waals surface area contributed by atoms with Gasteiger partial charge in [-0.1, -0.05) is 28.1 Å². The number of aromatic nitrogens is 1. The van der Waals surface area contributed by atoms with Crippen molar-refractivity contribution in [2.24, 2.45) is 0 Å². The molecule has 0 saturated heterocycles. The van der Waals surface area contributed by atoms with Crippen LogP contribution in [0.15, 0.2) is 47.1 Å². The number of Topliss-reactive ketones (excluding diaryl/α,β-unsaturated/α-hetero) is 2.